The first-order valence-corrected chi connectivity index (χ1v) is 10.5. The molecule has 0 aliphatic carbocycles. The summed E-state index contributed by atoms with van der Waals surface area (Å²) >= 11 is 0. The van der Waals surface area contributed by atoms with Crippen molar-refractivity contribution < 1.29 is 14.3 Å². The van der Waals surface area contributed by atoms with Crippen LogP contribution >= 0.6 is 0 Å². The minimum absolute atomic E-state index is 0.0161. The summed E-state index contributed by atoms with van der Waals surface area (Å²) in [5.41, 5.74) is 3.08. The molecule has 0 saturated heterocycles. The number of imidazole rings is 1. The van der Waals surface area contributed by atoms with Crippen LogP contribution in [0.4, 0.5) is 10.5 Å². The van der Waals surface area contributed by atoms with Crippen LogP contribution in [-0.2, 0) is 13.0 Å². The average molecular weight is 421 g/mol. The molecule has 0 fully saturated rings. The van der Waals surface area contributed by atoms with E-state index in [4.69, 9.17) is 9.47 Å². The lowest BCUT2D eigenvalue weighted by atomic mass is 9.98. The molecule has 0 spiro atoms. The second kappa shape index (κ2) is 9.12. The van der Waals surface area contributed by atoms with Crippen molar-refractivity contribution >= 4 is 11.7 Å². The summed E-state index contributed by atoms with van der Waals surface area (Å²) in [6.07, 6.45) is 6.43. The van der Waals surface area contributed by atoms with E-state index in [0.29, 0.717) is 25.4 Å². The summed E-state index contributed by atoms with van der Waals surface area (Å²) in [6, 6.07) is 14.0. The predicted molar refractivity (Wildman–Crippen MR) is 120 cm³/mol. The number of urea groups is 1. The van der Waals surface area contributed by atoms with E-state index in [9.17, 15) is 4.79 Å². The fourth-order valence-electron chi connectivity index (χ4n) is 4.11. The largest absolute Gasteiger partial charge is 0.497 e. The van der Waals surface area contributed by atoms with E-state index in [1.54, 1.807) is 20.4 Å². The van der Waals surface area contributed by atoms with E-state index in [0.717, 1.165) is 23.4 Å². The molecular formula is C24H28N4O3. The fourth-order valence-corrected chi connectivity index (χ4v) is 4.11. The molecule has 0 unspecified atom stereocenters. The number of anilines is 1. The van der Waals surface area contributed by atoms with Gasteiger partial charge in [0.15, 0.2) is 0 Å². The summed E-state index contributed by atoms with van der Waals surface area (Å²) in [4.78, 5) is 21.6. The van der Waals surface area contributed by atoms with E-state index in [2.05, 4.69) is 15.6 Å². The van der Waals surface area contributed by atoms with Crippen LogP contribution in [0.15, 0.2) is 61.2 Å². The molecule has 4 rings (SSSR count). The number of rotatable bonds is 6. The van der Waals surface area contributed by atoms with Gasteiger partial charge in [0.2, 0.25) is 0 Å². The number of ether oxygens (including phenoxy) is 2. The number of aromatic nitrogens is 2. The van der Waals surface area contributed by atoms with Crippen molar-refractivity contribution in [3.05, 3.63) is 72.3 Å². The molecule has 0 radical (unpaired) electrons. The summed E-state index contributed by atoms with van der Waals surface area (Å²) in [5.74, 6) is 1.43. The number of hydrogen-bond donors (Lipinski definition) is 0. The van der Waals surface area contributed by atoms with E-state index < -0.39 is 0 Å². The predicted octanol–water partition coefficient (Wildman–Crippen LogP) is 4.15. The van der Waals surface area contributed by atoms with E-state index in [-0.39, 0.29) is 12.1 Å². The van der Waals surface area contributed by atoms with Crippen molar-refractivity contribution in [2.24, 2.45) is 0 Å². The number of methoxy groups -OCH3 is 2. The smallest absolute Gasteiger partial charge is 0.324 e. The van der Waals surface area contributed by atoms with Gasteiger partial charge in [0, 0.05) is 42.8 Å². The van der Waals surface area contributed by atoms with Gasteiger partial charge in [0.05, 0.1) is 33.1 Å². The van der Waals surface area contributed by atoms with Crippen LogP contribution in [0.5, 0.6) is 11.5 Å². The Labute approximate surface area is 182 Å². The third-order valence-corrected chi connectivity index (χ3v) is 5.82. The quantitative estimate of drug-likeness (QED) is 0.601. The van der Waals surface area contributed by atoms with E-state index in [1.165, 1.54) is 5.56 Å². The maximum atomic E-state index is 13.7. The number of hydrogen-bond acceptors (Lipinski definition) is 4. The number of benzene rings is 2. The molecule has 2 heterocycles. The molecule has 1 aromatic heterocycles. The van der Waals surface area contributed by atoms with Gasteiger partial charge in [-0.05, 0) is 37.1 Å². The highest BCUT2D eigenvalue weighted by Gasteiger charge is 2.31. The van der Waals surface area contributed by atoms with Gasteiger partial charge in [-0.1, -0.05) is 18.2 Å². The minimum Gasteiger partial charge on any atom is -0.497 e. The van der Waals surface area contributed by atoms with Crippen molar-refractivity contribution in [1.29, 1.82) is 0 Å². The van der Waals surface area contributed by atoms with Crippen LogP contribution in [0, 0.1) is 0 Å². The van der Waals surface area contributed by atoms with Crippen molar-refractivity contribution in [2.75, 3.05) is 32.2 Å². The normalized spacial score (nSPS) is 15.3. The molecule has 31 heavy (non-hydrogen) atoms. The van der Waals surface area contributed by atoms with Crippen molar-refractivity contribution in [3.8, 4) is 11.5 Å². The van der Waals surface area contributed by atoms with Crippen molar-refractivity contribution in [3.63, 3.8) is 0 Å². The maximum absolute atomic E-state index is 13.7. The molecule has 2 aromatic carbocycles. The Hall–Kier alpha value is -3.48. The first-order chi connectivity index (χ1) is 15.1. The third kappa shape index (κ3) is 4.21. The topological polar surface area (TPSA) is 59.8 Å². The zero-order chi connectivity index (χ0) is 21.8. The zero-order valence-corrected chi connectivity index (χ0v) is 18.2. The van der Waals surface area contributed by atoms with Crippen LogP contribution in [0.3, 0.4) is 0 Å². The first kappa shape index (κ1) is 20.8. The lowest BCUT2D eigenvalue weighted by Gasteiger charge is -2.38. The van der Waals surface area contributed by atoms with Crippen LogP contribution in [-0.4, -0.2) is 47.8 Å². The molecule has 7 nitrogen and oxygen atoms in total. The zero-order valence-electron chi connectivity index (χ0n) is 18.2. The van der Waals surface area contributed by atoms with Crippen molar-refractivity contribution in [1.82, 2.24) is 14.5 Å². The standard InChI is InChI=1S/C24H28N4O3/c1-4-26(15-19-9-10-21(30-2)14-23(19)31-3)24(29)28-16-20(27-12-11-25-17-27)13-18-7-5-6-8-22(18)28/h5-12,14,17,20H,4,13,15-16H2,1-3H3/t20-/m0/s1. The summed E-state index contributed by atoms with van der Waals surface area (Å²) < 4.78 is 12.9. The average Bonchev–Trinajstić information content (AvgIpc) is 3.36. The highest BCUT2D eigenvalue weighted by atomic mass is 16.5. The van der Waals surface area contributed by atoms with Gasteiger partial charge in [0.25, 0.3) is 0 Å². The highest BCUT2D eigenvalue weighted by molar-refractivity contribution is 5.93. The van der Waals surface area contributed by atoms with Gasteiger partial charge >= 0.3 is 6.03 Å². The second-order valence-corrected chi connectivity index (χ2v) is 7.58. The SMILES string of the molecule is CCN(Cc1ccc(OC)cc1OC)C(=O)N1C[C@@H](n2ccnc2)Cc2ccccc21. The molecule has 0 bridgehead atoms. The van der Waals surface area contributed by atoms with Gasteiger partial charge in [-0.3, -0.25) is 4.90 Å². The van der Waals surface area contributed by atoms with Crippen molar-refractivity contribution in [2.45, 2.75) is 25.9 Å². The molecule has 162 valence electrons. The Kier molecular flexibility index (Phi) is 6.11. The second-order valence-electron chi connectivity index (χ2n) is 7.58. The summed E-state index contributed by atoms with van der Waals surface area (Å²) in [6.45, 7) is 3.64. The Bertz CT molecular complexity index is 1040. The Morgan fingerprint density at radius 1 is 1.19 bits per heavy atom. The molecule has 7 heteroatoms. The number of carbonyl (C=O) groups excluding carboxylic acids is 1. The number of amides is 2. The summed E-state index contributed by atoms with van der Waals surface area (Å²) in [5, 5.41) is 0. The van der Waals surface area contributed by atoms with Gasteiger partial charge in [-0.2, -0.15) is 0 Å². The van der Waals surface area contributed by atoms with Crippen LogP contribution < -0.4 is 14.4 Å². The van der Waals surface area contributed by atoms with Gasteiger partial charge < -0.3 is 18.9 Å². The molecule has 3 aromatic rings. The van der Waals surface area contributed by atoms with Gasteiger partial charge in [-0.15, -0.1) is 0 Å². The Morgan fingerprint density at radius 2 is 2.03 bits per heavy atom. The molecule has 1 atom stereocenters. The molecule has 0 saturated carbocycles. The van der Waals surface area contributed by atoms with Crippen LogP contribution in [0.25, 0.3) is 0 Å². The van der Waals surface area contributed by atoms with Gasteiger partial charge in [-0.25, -0.2) is 9.78 Å². The fraction of sp³-hybridized carbons (Fsp3) is 0.333. The van der Waals surface area contributed by atoms with Crippen LogP contribution in [0.2, 0.25) is 0 Å². The Morgan fingerprint density at radius 3 is 2.74 bits per heavy atom. The van der Waals surface area contributed by atoms with E-state index >= 15 is 0 Å². The summed E-state index contributed by atoms with van der Waals surface area (Å²) in [7, 11) is 3.26. The molecular weight excluding hydrogens is 392 g/mol. The number of para-hydroxylation sites is 1. The maximum Gasteiger partial charge on any atom is 0.324 e. The number of fused-ring (bicyclic) bond motifs is 1. The molecule has 2 amide bonds. The third-order valence-electron chi connectivity index (χ3n) is 5.82. The molecule has 1 aliphatic rings. The molecule has 0 N–H and O–H groups in total. The lowest BCUT2D eigenvalue weighted by Crippen LogP contribution is -2.47. The Balaban J connectivity index is 1.62. The van der Waals surface area contributed by atoms with Gasteiger partial charge in [0.1, 0.15) is 11.5 Å². The number of carbonyl (C=O) groups is 1. The minimum atomic E-state index is -0.0161. The van der Waals surface area contributed by atoms with Crippen LogP contribution in [0.1, 0.15) is 24.1 Å². The molecule has 1 aliphatic heterocycles. The monoisotopic (exact) mass is 420 g/mol. The lowest BCUT2D eigenvalue weighted by molar-refractivity contribution is 0.202. The first-order valence-electron chi connectivity index (χ1n) is 10.5. The highest BCUT2D eigenvalue weighted by Crippen LogP contribution is 2.33. The number of nitrogens with zero attached hydrogens (tertiary/aromatic N) is 4. The van der Waals surface area contributed by atoms with E-state index in [1.807, 2.05) is 65.6 Å².